The second-order valence-electron chi connectivity index (χ2n) is 9.44. The number of anilines is 1. The molecule has 0 saturated heterocycles. The first-order chi connectivity index (χ1) is 20.0. The van der Waals surface area contributed by atoms with Gasteiger partial charge in [0, 0.05) is 60.8 Å². The van der Waals surface area contributed by atoms with Crippen LogP contribution in [-0.2, 0) is 13.0 Å². The van der Waals surface area contributed by atoms with Crippen LogP contribution in [0.4, 0.5) is 5.82 Å². The number of carbonyl (C=O) groups excluding carboxylic acids is 1. The number of benzene rings is 1. The predicted octanol–water partition coefficient (Wildman–Crippen LogP) is 2.88. The third-order valence-corrected chi connectivity index (χ3v) is 6.76. The highest BCUT2D eigenvalue weighted by Crippen LogP contribution is 2.23. The molecule has 6 rings (SSSR count). The number of hydrogen-bond acceptors (Lipinski definition) is 7. The van der Waals surface area contributed by atoms with Crippen molar-refractivity contribution >= 4 is 28.1 Å². The molecule has 41 heavy (non-hydrogen) atoms. The fourth-order valence-electron chi connectivity index (χ4n) is 4.81. The Bertz CT molecular complexity index is 2000. The average Bonchev–Trinajstić information content (AvgIpc) is 3.62. The average molecular weight is 544 g/mol. The number of amides is 1. The molecule has 11 nitrogen and oxygen atoms in total. The lowest BCUT2D eigenvalue weighted by Crippen LogP contribution is -2.33. The molecule has 202 valence electrons. The molecule has 0 fully saturated rings. The van der Waals surface area contributed by atoms with Gasteiger partial charge < -0.3 is 20.6 Å². The van der Waals surface area contributed by atoms with Crippen molar-refractivity contribution in [3.05, 3.63) is 118 Å². The Morgan fingerprint density at radius 3 is 2.85 bits per heavy atom. The summed E-state index contributed by atoms with van der Waals surface area (Å²) in [5.41, 5.74) is 9.19. The first-order valence-corrected chi connectivity index (χ1v) is 13.0. The van der Waals surface area contributed by atoms with E-state index >= 15 is 0 Å². The van der Waals surface area contributed by atoms with Gasteiger partial charge >= 0.3 is 0 Å². The second-order valence-corrected chi connectivity index (χ2v) is 9.44. The van der Waals surface area contributed by atoms with Gasteiger partial charge in [-0.05, 0) is 42.6 Å². The van der Waals surface area contributed by atoms with Crippen molar-refractivity contribution in [3.8, 4) is 11.8 Å². The topological polar surface area (TPSA) is 149 Å². The first-order valence-electron chi connectivity index (χ1n) is 13.0. The molecule has 0 aliphatic heterocycles. The Kier molecular flexibility index (Phi) is 6.71. The van der Waals surface area contributed by atoms with E-state index in [0.717, 1.165) is 16.6 Å². The minimum atomic E-state index is -0.554. The molecule has 0 unspecified atom stereocenters. The standard InChI is InChI=1S/C30H25N9O2/c1-19(36-29(40)26-27(31)37-39-13-4-12-34-28(26)39)24-15-22-7-2-6-21(9-8-20-5-3-11-32-16-20)25(22)30(41)38(24)14-10-23-17-33-18-35-23/h2-7,11-13,15-19H,10,14H2,1H3,(H2,31,37)(H,33,35)(H,36,40)/t19-/m0/s1. The molecule has 11 heteroatoms. The molecular formula is C30H25N9O2. The van der Waals surface area contributed by atoms with E-state index in [4.69, 9.17) is 5.73 Å². The van der Waals surface area contributed by atoms with Crippen molar-refractivity contribution in [2.24, 2.45) is 0 Å². The lowest BCUT2D eigenvalue weighted by molar-refractivity contribution is 0.0940. The predicted molar refractivity (Wildman–Crippen MR) is 154 cm³/mol. The molecule has 0 bridgehead atoms. The molecule has 1 aromatic carbocycles. The summed E-state index contributed by atoms with van der Waals surface area (Å²) in [6.45, 7) is 2.17. The normalized spacial score (nSPS) is 11.7. The summed E-state index contributed by atoms with van der Waals surface area (Å²) in [4.78, 5) is 43.1. The van der Waals surface area contributed by atoms with Gasteiger partial charge in [-0.15, -0.1) is 5.10 Å². The third kappa shape index (κ3) is 5.02. The maximum Gasteiger partial charge on any atom is 0.259 e. The SMILES string of the molecule is C[C@H](NC(=O)c1c(N)nn2cccnc12)c1cc2cccc(C#Cc3cccnc3)c2c(=O)n1CCc1c[nH]cn1. The number of nitrogens with zero attached hydrogens (tertiary/aromatic N) is 6. The van der Waals surface area contributed by atoms with Crippen LogP contribution in [-0.4, -0.2) is 40.0 Å². The van der Waals surface area contributed by atoms with Gasteiger partial charge in [-0.2, -0.15) is 0 Å². The zero-order chi connectivity index (χ0) is 28.3. The molecule has 0 aliphatic rings. The first kappa shape index (κ1) is 25.5. The van der Waals surface area contributed by atoms with E-state index in [1.807, 2.05) is 43.3 Å². The van der Waals surface area contributed by atoms with E-state index in [0.29, 0.717) is 35.3 Å². The molecule has 4 N–H and O–H groups in total. The van der Waals surface area contributed by atoms with Crippen LogP contribution < -0.4 is 16.6 Å². The highest BCUT2D eigenvalue weighted by Gasteiger charge is 2.23. The summed E-state index contributed by atoms with van der Waals surface area (Å²) in [6.07, 6.45) is 10.5. The van der Waals surface area contributed by atoms with Gasteiger partial charge in [0.15, 0.2) is 11.5 Å². The Hall–Kier alpha value is -5.76. The highest BCUT2D eigenvalue weighted by molar-refractivity contribution is 6.04. The second kappa shape index (κ2) is 10.8. The van der Waals surface area contributed by atoms with E-state index in [1.165, 1.54) is 4.52 Å². The fourth-order valence-corrected chi connectivity index (χ4v) is 4.81. The number of H-pyrrole nitrogens is 1. The number of pyridine rings is 2. The summed E-state index contributed by atoms with van der Waals surface area (Å²) >= 11 is 0. The van der Waals surface area contributed by atoms with Crippen LogP contribution in [0, 0.1) is 11.8 Å². The van der Waals surface area contributed by atoms with Crippen LogP contribution in [0.25, 0.3) is 16.4 Å². The van der Waals surface area contributed by atoms with E-state index in [9.17, 15) is 9.59 Å². The van der Waals surface area contributed by atoms with Crippen LogP contribution in [0.3, 0.4) is 0 Å². The minimum Gasteiger partial charge on any atom is -0.381 e. The quantitative estimate of drug-likeness (QED) is 0.274. The number of nitrogens with one attached hydrogen (secondary N) is 2. The number of hydrogen-bond donors (Lipinski definition) is 3. The Balaban J connectivity index is 1.42. The van der Waals surface area contributed by atoms with Crippen molar-refractivity contribution in [2.45, 2.75) is 25.9 Å². The molecule has 0 spiro atoms. The van der Waals surface area contributed by atoms with Crippen molar-refractivity contribution in [1.29, 1.82) is 0 Å². The van der Waals surface area contributed by atoms with Crippen LogP contribution >= 0.6 is 0 Å². The zero-order valence-electron chi connectivity index (χ0n) is 22.1. The molecule has 0 saturated carbocycles. The number of imidazole rings is 1. The summed E-state index contributed by atoms with van der Waals surface area (Å²) in [5.74, 6) is 5.87. The van der Waals surface area contributed by atoms with Crippen molar-refractivity contribution in [3.63, 3.8) is 0 Å². The van der Waals surface area contributed by atoms with Gasteiger partial charge in [-0.25, -0.2) is 14.5 Å². The Morgan fingerprint density at radius 1 is 1.15 bits per heavy atom. The highest BCUT2D eigenvalue weighted by atomic mass is 16.2. The van der Waals surface area contributed by atoms with Crippen LogP contribution in [0.2, 0.25) is 0 Å². The maximum atomic E-state index is 14.1. The number of rotatable bonds is 6. The Morgan fingerprint density at radius 2 is 2.05 bits per heavy atom. The van der Waals surface area contributed by atoms with E-state index in [-0.39, 0.29) is 16.9 Å². The minimum absolute atomic E-state index is 0.0691. The van der Waals surface area contributed by atoms with Crippen molar-refractivity contribution in [2.75, 3.05) is 5.73 Å². The molecule has 1 atom stereocenters. The van der Waals surface area contributed by atoms with Gasteiger partial charge in [-0.3, -0.25) is 14.6 Å². The fraction of sp³-hybridized carbons (Fsp3) is 0.133. The van der Waals surface area contributed by atoms with E-state index in [1.54, 1.807) is 47.9 Å². The van der Waals surface area contributed by atoms with Gasteiger partial charge in [-0.1, -0.05) is 24.0 Å². The molecule has 6 aromatic rings. The lowest BCUT2D eigenvalue weighted by atomic mass is 10.0. The Labute approximate surface area is 234 Å². The van der Waals surface area contributed by atoms with Gasteiger partial charge in [0.05, 0.1) is 23.4 Å². The van der Waals surface area contributed by atoms with Gasteiger partial charge in [0.25, 0.3) is 11.5 Å². The summed E-state index contributed by atoms with van der Waals surface area (Å²) < 4.78 is 3.13. The number of nitrogens with two attached hydrogens (primary N) is 1. The molecule has 0 radical (unpaired) electrons. The molecule has 5 heterocycles. The lowest BCUT2D eigenvalue weighted by Gasteiger charge is -2.21. The van der Waals surface area contributed by atoms with Crippen molar-refractivity contribution in [1.82, 2.24) is 39.4 Å². The van der Waals surface area contributed by atoms with Crippen LogP contribution in [0.15, 0.2) is 84.6 Å². The third-order valence-electron chi connectivity index (χ3n) is 6.76. The smallest absolute Gasteiger partial charge is 0.259 e. The summed E-state index contributed by atoms with van der Waals surface area (Å²) in [7, 11) is 0. The van der Waals surface area contributed by atoms with E-state index in [2.05, 4.69) is 42.2 Å². The number of fused-ring (bicyclic) bond motifs is 2. The van der Waals surface area contributed by atoms with E-state index < -0.39 is 11.9 Å². The molecular weight excluding hydrogens is 518 g/mol. The van der Waals surface area contributed by atoms with Gasteiger partial charge in [0.1, 0.15) is 5.56 Å². The number of aryl methyl sites for hydroxylation is 1. The maximum absolute atomic E-state index is 14.1. The number of aromatic nitrogens is 7. The van der Waals surface area contributed by atoms with Gasteiger partial charge in [0.2, 0.25) is 0 Å². The summed E-state index contributed by atoms with van der Waals surface area (Å²) in [6, 6.07) is 12.3. The number of carbonyl (C=O) groups is 1. The van der Waals surface area contributed by atoms with Crippen molar-refractivity contribution < 1.29 is 4.79 Å². The van der Waals surface area contributed by atoms with Crippen LogP contribution in [0.1, 0.15) is 45.8 Å². The van der Waals surface area contributed by atoms with Crippen LogP contribution in [0.5, 0.6) is 0 Å². The summed E-state index contributed by atoms with van der Waals surface area (Å²) in [5, 5.41) is 8.40. The zero-order valence-corrected chi connectivity index (χ0v) is 22.1. The molecule has 1 amide bonds. The monoisotopic (exact) mass is 543 g/mol. The molecule has 0 aliphatic carbocycles. The number of aromatic amines is 1. The number of nitrogen functional groups attached to an aromatic ring is 1. The largest absolute Gasteiger partial charge is 0.381 e. The molecule has 5 aromatic heterocycles.